The van der Waals surface area contributed by atoms with E-state index in [2.05, 4.69) is 20.9 Å². The fourth-order valence-corrected chi connectivity index (χ4v) is 2.86. The molecular formula is C13H15BrFN3O2. The van der Waals surface area contributed by atoms with Crippen LogP contribution in [0, 0.1) is 5.82 Å². The molecule has 1 unspecified atom stereocenters. The van der Waals surface area contributed by atoms with Crippen LogP contribution in [0.25, 0.3) is 11.0 Å². The van der Waals surface area contributed by atoms with E-state index in [-0.39, 0.29) is 5.82 Å². The summed E-state index contributed by atoms with van der Waals surface area (Å²) in [5, 5.41) is 0. The normalized spacial score (nSPS) is 22.8. The van der Waals surface area contributed by atoms with Gasteiger partial charge in [0, 0.05) is 26.2 Å². The van der Waals surface area contributed by atoms with E-state index in [1.54, 1.807) is 17.7 Å². The highest BCUT2D eigenvalue weighted by Gasteiger charge is 2.36. The van der Waals surface area contributed by atoms with E-state index in [1.165, 1.54) is 6.07 Å². The summed E-state index contributed by atoms with van der Waals surface area (Å²) in [5.74, 6) is 0.00798. The number of nitrogen functional groups attached to an aromatic ring is 1. The lowest BCUT2D eigenvalue weighted by molar-refractivity contribution is -0.0283. The molecule has 1 aliphatic rings. The van der Waals surface area contributed by atoms with Crippen LogP contribution in [0.1, 0.15) is 6.42 Å². The summed E-state index contributed by atoms with van der Waals surface area (Å²) in [7, 11) is 1.65. The Morgan fingerprint density at radius 1 is 1.60 bits per heavy atom. The van der Waals surface area contributed by atoms with E-state index in [0.717, 1.165) is 6.42 Å². The third-order valence-electron chi connectivity index (χ3n) is 3.77. The number of nitrogens with zero attached hydrogens (tertiary/aromatic N) is 2. The van der Waals surface area contributed by atoms with E-state index in [0.29, 0.717) is 41.2 Å². The van der Waals surface area contributed by atoms with Crippen LogP contribution in [0.3, 0.4) is 0 Å². The van der Waals surface area contributed by atoms with Crippen LogP contribution in [-0.4, -0.2) is 35.5 Å². The minimum Gasteiger partial charge on any atom is -0.378 e. The van der Waals surface area contributed by atoms with Crippen molar-refractivity contribution in [2.75, 3.05) is 26.1 Å². The van der Waals surface area contributed by atoms with E-state index in [1.807, 2.05) is 0 Å². The molecule has 0 bridgehead atoms. The number of nitrogens with two attached hydrogens (primary N) is 1. The number of benzene rings is 1. The van der Waals surface area contributed by atoms with Crippen molar-refractivity contribution in [2.24, 2.45) is 0 Å². The summed E-state index contributed by atoms with van der Waals surface area (Å²) in [6.45, 7) is 1.65. The SMILES string of the molecule is COC1(Cn2c(N)nc3cc(Br)c(F)cc32)CCOC1. The molecule has 0 saturated carbocycles. The molecule has 3 rings (SSSR count). The second kappa shape index (κ2) is 4.98. The molecule has 20 heavy (non-hydrogen) atoms. The molecule has 1 fully saturated rings. The zero-order valence-corrected chi connectivity index (χ0v) is 12.6. The number of hydrogen-bond donors (Lipinski definition) is 1. The van der Waals surface area contributed by atoms with Gasteiger partial charge in [-0.2, -0.15) is 0 Å². The maximum atomic E-state index is 13.7. The zero-order valence-electron chi connectivity index (χ0n) is 11.0. The summed E-state index contributed by atoms with van der Waals surface area (Å²) >= 11 is 3.15. The Morgan fingerprint density at radius 2 is 2.40 bits per heavy atom. The lowest BCUT2D eigenvalue weighted by Gasteiger charge is -2.26. The average Bonchev–Trinajstić information content (AvgIpc) is 2.99. The smallest absolute Gasteiger partial charge is 0.201 e. The number of fused-ring (bicyclic) bond motifs is 1. The van der Waals surface area contributed by atoms with Crippen LogP contribution < -0.4 is 5.73 Å². The average molecular weight is 344 g/mol. The predicted octanol–water partition coefficient (Wildman–Crippen LogP) is 2.33. The van der Waals surface area contributed by atoms with Gasteiger partial charge in [-0.05, 0) is 22.0 Å². The molecule has 1 aromatic heterocycles. The first-order valence-electron chi connectivity index (χ1n) is 6.28. The highest BCUT2D eigenvalue weighted by atomic mass is 79.9. The fraction of sp³-hybridized carbons (Fsp3) is 0.462. The quantitative estimate of drug-likeness (QED) is 0.928. The van der Waals surface area contributed by atoms with Crippen LogP contribution in [0.4, 0.5) is 10.3 Å². The first kappa shape index (κ1) is 13.8. The van der Waals surface area contributed by atoms with Gasteiger partial charge in [0.15, 0.2) is 0 Å². The number of imidazole rings is 1. The molecule has 2 heterocycles. The van der Waals surface area contributed by atoms with Gasteiger partial charge in [0.1, 0.15) is 11.4 Å². The number of ether oxygens (including phenoxy) is 2. The second-order valence-electron chi connectivity index (χ2n) is 5.00. The second-order valence-corrected chi connectivity index (χ2v) is 5.86. The maximum absolute atomic E-state index is 13.7. The van der Waals surface area contributed by atoms with Crippen LogP contribution in [0.5, 0.6) is 0 Å². The molecule has 108 valence electrons. The topological polar surface area (TPSA) is 62.3 Å². The molecule has 1 atom stereocenters. The Balaban J connectivity index is 2.06. The monoisotopic (exact) mass is 343 g/mol. The van der Waals surface area contributed by atoms with Crippen molar-refractivity contribution in [1.82, 2.24) is 9.55 Å². The Kier molecular flexibility index (Phi) is 3.43. The Bertz CT molecular complexity index is 653. The summed E-state index contributed by atoms with van der Waals surface area (Å²) in [6.07, 6.45) is 0.779. The molecule has 1 saturated heterocycles. The molecule has 2 N–H and O–H groups in total. The number of aromatic nitrogens is 2. The maximum Gasteiger partial charge on any atom is 0.201 e. The van der Waals surface area contributed by atoms with E-state index >= 15 is 0 Å². The van der Waals surface area contributed by atoms with Crippen LogP contribution in [-0.2, 0) is 16.0 Å². The number of anilines is 1. The van der Waals surface area contributed by atoms with Gasteiger partial charge in [0.2, 0.25) is 5.95 Å². The molecule has 0 radical (unpaired) electrons. The van der Waals surface area contributed by atoms with Gasteiger partial charge in [-0.25, -0.2) is 9.37 Å². The number of rotatable bonds is 3. The largest absolute Gasteiger partial charge is 0.378 e. The van der Waals surface area contributed by atoms with Gasteiger partial charge in [0.25, 0.3) is 0 Å². The number of halogens is 2. The molecule has 5 nitrogen and oxygen atoms in total. The van der Waals surface area contributed by atoms with Gasteiger partial charge >= 0.3 is 0 Å². The third kappa shape index (κ3) is 2.19. The molecule has 1 aromatic carbocycles. The van der Waals surface area contributed by atoms with Crippen LogP contribution >= 0.6 is 15.9 Å². The van der Waals surface area contributed by atoms with Gasteiger partial charge in [-0.3, -0.25) is 0 Å². The van der Waals surface area contributed by atoms with E-state index < -0.39 is 5.60 Å². The van der Waals surface area contributed by atoms with E-state index in [4.69, 9.17) is 15.2 Å². The molecule has 0 spiro atoms. The molecule has 0 aliphatic carbocycles. The fourth-order valence-electron chi connectivity index (χ4n) is 2.53. The summed E-state index contributed by atoms with van der Waals surface area (Å²) < 4.78 is 26.9. The Morgan fingerprint density at radius 3 is 3.05 bits per heavy atom. The highest BCUT2D eigenvalue weighted by Crippen LogP contribution is 2.30. The third-order valence-corrected chi connectivity index (χ3v) is 4.37. The van der Waals surface area contributed by atoms with Crippen molar-refractivity contribution in [3.05, 3.63) is 22.4 Å². The van der Waals surface area contributed by atoms with Crippen molar-refractivity contribution in [2.45, 2.75) is 18.6 Å². The Hall–Kier alpha value is -1.18. The Labute approximate surface area is 124 Å². The van der Waals surface area contributed by atoms with Crippen molar-refractivity contribution < 1.29 is 13.9 Å². The summed E-state index contributed by atoms with van der Waals surface area (Å²) in [6, 6.07) is 3.06. The molecule has 1 aliphatic heterocycles. The van der Waals surface area contributed by atoms with Gasteiger partial charge in [-0.1, -0.05) is 0 Å². The van der Waals surface area contributed by atoms with Gasteiger partial charge < -0.3 is 19.8 Å². The predicted molar refractivity (Wildman–Crippen MR) is 77.0 cm³/mol. The first-order chi connectivity index (χ1) is 9.54. The lowest BCUT2D eigenvalue weighted by atomic mass is 10.0. The van der Waals surface area contributed by atoms with Crippen LogP contribution in [0.15, 0.2) is 16.6 Å². The zero-order chi connectivity index (χ0) is 14.3. The van der Waals surface area contributed by atoms with Crippen molar-refractivity contribution in [3.63, 3.8) is 0 Å². The molecular weight excluding hydrogens is 329 g/mol. The molecule has 0 amide bonds. The van der Waals surface area contributed by atoms with Gasteiger partial charge in [-0.15, -0.1) is 0 Å². The van der Waals surface area contributed by atoms with Crippen molar-refractivity contribution >= 4 is 32.9 Å². The minimum absolute atomic E-state index is 0.340. The molecule has 2 aromatic rings. The lowest BCUT2D eigenvalue weighted by Crippen LogP contribution is -2.37. The molecule has 7 heteroatoms. The highest BCUT2D eigenvalue weighted by molar-refractivity contribution is 9.10. The standard InChI is InChI=1S/C13H15BrFN3O2/c1-19-13(2-3-20-7-13)6-18-11-5-9(15)8(14)4-10(11)17-12(18)16/h4-5H,2-3,6-7H2,1H3,(H2,16,17). The van der Waals surface area contributed by atoms with Crippen molar-refractivity contribution in [3.8, 4) is 0 Å². The number of hydrogen-bond acceptors (Lipinski definition) is 4. The summed E-state index contributed by atoms with van der Waals surface area (Å²) in [5.41, 5.74) is 6.85. The first-order valence-corrected chi connectivity index (χ1v) is 7.08. The number of methoxy groups -OCH3 is 1. The van der Waals surface area contributed by atoms with E-state index in [9.17, 15) is 4.39 Å². The van der Waals surface area contributed by atoms with Gasteiger partial charge in [0.05, 0.1) is 28.7 Å². The minimum atomic E-state index is -0.425. The summed E-state index contributed by atoms with van der Waals surface area (Å²) in [4.78, 5) is 4.27. The van der Waals surface area contributed by atoms with Crippen LogP contribution in [0.2, 0.25) is 0 Å². The van der Waals surface area contributed by atoms with Crippen molar-refractivity contribution in [1.29, 1.82) is 0 Å².